The molecule has 0 saturated carbocycles. The molecular weight excluding hydrogens is 258 g/mol. The molecule has 0 aromatic heterocycles. The maximum Gasteiger partial charge on any atom is 0.123 e. The van der Waals surface area contributed by atoms with Crippen molar-refractivity contribution in [3.05, 3.63) is 79.3 Å². The van der Waals surface area contributed by atoms with Gasteiger partial charge in [-0.1, -0.05) is 29.8 Å². The molecule has 4 heteroatoms. The van der Waals surface area contributed by atoms with Crippen LogP contribution in [0.15, 0.2) is 73.5 Å². The number of hydrogen-bond donors (Lipinski definition) is 1. The first-order chi connectivity index (χ1) is 9.61. The zero-order valence-corrected chi connectivity index (χ0v) is 10.8. The summed E-state index contributed by atoms with van der Waals surface area (Å²) in [7, 11) is 0. The van der Waals surface area contributed by atoms with Gasteiger partial charge in [-0.15, -0.1) is 0 Å². The maximum absolute atomic E-state index is 14.4. The molecule has 0 fully saturated rings. The predicted molar refractivity (Wildman–Crippen MR) is 79.0 cm³/mol. The van der Waals surface area contributed by atoms with Crippen molar-refractivity contribution in [2.24, 2.45) is 0 Å². The van der Waals surface area contributed by atoms with Gasteiger partial charge in [0.15, 0.2) is 0 Å². The van der Waals surface area contributed by atoms with Gasteiger partial charge < -0.3 is 5.32 Å². The Morgan fingerprint density at radius 2 is 1.75 bits per heavy atom. The van der Waals surface area contributed by atoms with E-state index in [0.29, 0.717) is 22.2 Å². The van der Waals surface area contributed by atoms with Gasteiger partial charge in [0.1, 0.15) is 5.82 Å². The van der Waals surface area contributed by atoms with E-state index in [2.05, 4.69) is 18.5 Å². The number of allylic oxidation sites excluding steroid dienone is 1. The van der Waals surface area contributed by atoms with Gasteiger partial charge in [-0.2, -0.15) is 5.12 Å². The summed E-state index contributed by atoms with van der Waals surface area (Å²) in [4.78, 5) is 0. The molecule has 2 rings (SSSR count). The van der Waals surface area contributed by atoms with Crippen LogP contribution in [0.1, 0.15) is 0 Å². The van der Waals surface area contributed by atoms with Crippen molar-refractivity contribution in [3.63, 3.8) is 0 Å². The second-order valence-corrected chi connectivity index (χ2v) is 4.13. The first-order valence-corrected chi connectivity index (χ1v) is 6.00. The van der Waals surface area contributed by atoms with E-state index in [1.54, 1.807) is 24.3 Å². The number of nitrogens with one attached hydrogen (secondary N) is 1. The molecular formula is C16H14F2N2. The highest BCUT2D eigenvalue weighted by Crippen LogP contribution is 2.33. The minimum Gasteiger partial charge on any atom is -0.354 e. The van der Waals surface area contributed by atoms with E-state index in [9.17, 15) is 8.87 Å². The fraction of sp³-hybridized carbons (Fsp3) is 0. The highest BCUT2D eigenvalue weighted by atomic mass is 19.2. The van der Waals surface area contributed by atoms with Gasteiger partial charge >= 0.3 is 0 Å². The highest BCUT2D eigenvalue weighted by molar-refractivity contribution is 5.76. The molecule has 2 nitrogen and oxygen atoms in total. The van der Waals surface area contributed by atoms with Crippen LogP contribution < -0.4 is 10.4 Å². The Kier molecular flexibility index (Phi) is 4.15. The average molecular weight is 272 g/mol. The topological polar surface area (TPSA) is 15.3 Å². The Morgan fingerprint density at radius 1 is 1.10 bits per heavy atom. The zero-order valence-electron chi connectivity index (χ0n) is 10.8. The molecule has 0 bridgehead atoms. The molecule has 0 amide bonds. The molecule has 0 heterocycles. The fourth-order valence-corrected chi connectivity index (χ4v) is 1.69. The average Bonchev–Trinajstić information content (AvgIpc) is 2.48. The Hall–Kier alpha value is -2.62. The number of rotatable bonds is 5. The van der Waals surface area contributed by atoms with Crippen molar-refractivity contribution < 1.29 is 8.87 Å². The van der Waals surface area contributed by atoms with Crippen LogP contribution in [0.5, 0.6) is 0 Å². The Labute approximate surface area is 116 Å². The number of nitrogens with zero attached hydrogens (tertiary/aromatic N) is 1. The first-order valence-electron chi connectivity index (χ1n) is 6.00. The third-order valence-electron chi connectivity index (χ3n) is 2.71. The van der Waals surface area contributed by atoms with Crippen molar-refractivity contribution in [2.45, 2.75) is 0 Å². The molecule has 0 radical (unpaired) electrons. The molecule has 0 aliphatic carbocycles. The van der Waals surface area contributed by atoms with Crippen LogP contribution in [0.2, 0.25) is 0 Å². The monoisotopic (exact) mass is 272 g/mol. The Bertz CT molecular complexity index is 621. The van der Waals surface area contributed by atoms with Crippen molar-refractivity contribution in [1.29, 1.82) is 0 Å². The first kappa shape index (κ1) is 13.8. The van der Waals surface area contributed by atoms with Crippen molar-refractivity contribution in [2.75, 3.05) is 10.4 Å². The van der Waals surface area contributed by atoms with Crippen LogP contribution in [0, 0.1) is 5.82 Å². The van der Waals surface area contributed by atoms with Crippen LogP contribution in [0.25, 0.3) is 0 Å². The van der Waals surface area contributed by atoms with E-state index in [-0.39, 0.29) is 5.69 Å². The van der Waals surface area contributed by atoms with Crippen LogP contribution in [-0.2, 0) is 0 Å². The van der Waals surface area contributed by atoms with E-state index in [0.717, 1.165) is 0 Å². The van der Waals surface area contributed by atoms with E-state index in [1.807, 2.05) is 0 Å². The number of para-hydroxylation sites is 2. The van der Waals surface area contributed by atoms with Gasteiger partial charge in [0.25, 0.3) is 0 Å². The lowest BCUT2D eigenvalue weighted by Crippen LogP contribution is -2.07. The number of benzene rings is 2. The Balaban J connectivity index is 2.34. The van der Waals surface area contributed by atoms with Gasteiger partial charge in [-0.3, -0.25) is 0 Å². The van der Waals surface area contributed by atoms with E-state index in [4.69, 9.17) is 0 Å². The van der Waals surface area contributed by atoms with Gasteiger partial charge in [0.2, 0.25) is 0 Å². The standard InChI is InChI=1S/C16H14F2N2/c1-3-12(2)19-15-6-4-5-7-16(15)20(18)14-10-8-13(17)9-11-14/h3-11,19H,1-2H2. The molecule has 102 valence electrons. The smallest absolute Gasteiger partial charge is 0.123 e. The van der Waals surface area contributed by atoms with Gasteiger partial charge in [0.05, 0.1) is 17.1 Å². The molecule has 0 saturated heterocycles. The molecule has 0 atom stereocenters. The minimum atomic E-state index is -0.409. The number of halogens is 2. The predicted octanol–water partition coefficient (Wildman–Crippen LogP) is 4.96. The van der Waals surface area contributed by atoms with E-state index < -0.39 is 5.82 Å². The molecule has 1 N–H and O–H groups in total. The summed E-state index contributed by atoms with van der Waals surface area (Å²) in [6, 6.07) is 12.0. The second-order valence-electron chi connectivity index (χ2n) is 4.13. The summed E-state index contributed by atoms with van der Waals surface area (Å²) in [5.74, 6) is -0.409. The van der Waals surface area contributed by atoms with Gasteiger partial charge in [-0.25, -0.2) is 4.39 Å². The van der Waals surface area contributed by atoms with Gasteiger partial charge in [-0.05, 0) is 42.5 Å². The van der Waals surface area contributed by atoms with Crippen LogP contribution in [-0.4, -0.2) is 0 Å². The molecule has 2 aromatic rings. The summed E-state index contributed by atoms with van der Waals surface area (Å²) in [6.07, 6.45) is 1.54. The molecule has 2 aromatic carbocycles. The third-order valence-corrected chi connectivity index (χ3v) is 2.71. The SMILES string of the molecule is C=CC(=C)Nc1ccccc1N(F)c1ccc(F)cc1. The van der Waals surface area contributed by atoms with Crippen LogP contribution in [0.3, 0.4) is 0 Å². The molecule has 0 unspecified atom stereocenters. The largest absolute Gasteiger partial charge is 0.354 e. The summed E-state index contributed by atoms with van der Waals surface area (Å²) in [5, 5.41) is 3.44. The summed E-state index contributed by atoms with van der Waals surface area (Å²) < 4.78 is 27.3. The van der Waals surface area contributed by atoms with Crippen molar-refractivity contribution >= 4 is 17.1 Å². The molecule has 0 spiro atoms. The normalized spacial score (nSPS) is 9.90. The Morgan fingerprint density at radius 3 is 2.40 bits per heavy atom. The van der Waals surface area contributed by atoms with E-state index in [1.165, 1.54) is 30.3 Å². The number of anilines is 3. The lowest BCUT2D eigenvalue weighted by atomic mass is 10.2. The lowest BCUT2D eigenvalue weighted by molar-refractivity contribution is 0.505. The highest BCUT2D eigenvalue weighted by Gasteiger charge is 2.12. The summed E-state index contributed by atoms with van der Waals surface area (Å²) in [6.45, 7) is 7.32. The minimum absolute atomic E-state index is 0.241. The summed E-state index contributed by atoms with van der Waals surface area (Å²) in [5.41, 5.74) is 1.65. The maximum atomic E-state index is 14.4. The van der Waals surface area contributed by atoms with Crippen LogP contribution in [0.4, 0.5) is 25.9 Å². The lowest BCUT2D eigenvalue weighted by Gasteiger charge is -2.18. The van der Waals surface area contributed by atoms with Gasteiger partial charge in [0, 0.05) is 5.70 Å². The fourth-order valence-electron chi connectivity index (χ4n) is 1.69. The zero-order chi connectivity index (χ0) is 14.5. The van der Waals surface area contributed by atoms with Crippen LogP contribution >= 0.6 is 0 Å². The van der Waals surface area contributed by atoms with Crippen molar-refractivity contribution in [1.82, 2.24) is 0 Å². The molecule has 0 aliphatic heterocycles. The quantitative estimate of drug-likeness (QED) is 0.611. The summed E-state index contributed by atoms with van der Waals surface area (Å²) >= 11 is 0. The van der Waals surface area contributed by atoms with E-state index >= 15 is 0 Å². The second kappa shape index (κ2) is 6.02. The number of hydrogen-bond acceptors (Lipinski definition) is 2. The molecule has 0 aliphatic rings. The molecule has 20 heavy (non-hydrogen) atoms. The third kappa shape index (κ3) is 3.03. The van der Waals surface area contributed by atoms with Crippen molar-refractivity contribution in [3.8, 4) is 0 Å².